The number of oxazole rings is 1. The van der Waals surface area contributed by atoms with Gasteiger partial charge in [-0.2, -0.15) is 0 Å². The average Bonchev–Trinajstić information content (AvgIpc) is 3.24. The molecule has 2 unspecified atom stereocenters. The second-order valence-electron chi connectivity index (χ2n) is 6.97. The van der Waals surface area contributed by atoms with Crippen LogP contribution in [0, 0.1) is 0 Å². The fourth-order valence-electron chi connectivity index (χ4n) is 4.27. The van der Waals surface area contributed by atoms with E-state index < -0.39 is 0 Å². The van der Waals surface area contributed by atoms with Crippen molar-refractivity contribution in [2.24, 2.45) is 0 Å². The summed E-state index contributed by atoms with van der Waals surface area (Å²) in [6.45, 7) is 6.12. The van der Waals surface area contributed by atoms with E-state index >= 15 is 0 Å². The molecule has 2 fully saturated rings. The van der Waals surface area contributed by atoms with E-state index in [9.17, 15) is 4.79 Å². The Morgan fingerprint density at radius 1 is 1.33 bits per heavy atom. The Bertz CT molecular complexity index is 710. The normalized spacial score (nSPS) is 24.5. The first kappa shape index (κ1) is 15.8. The monoisotopic (exact) mass is 345 g/mol. The molecule has 2 aromatic heterocycles. The van der Waals surface area contributed by atoms with Crippen LogP contribution in [0.4, 0.5) is 0 Å². The Balaban J connectivity index is 1.57. The second kappa shape index (κ2) is 6.33. The summed E-state index contributed by atoms with van der Waals surface area (Å²) in [4.78, 5) is 22.8. The highest BCUT2D eigenvalue weighted by Crippen LogP contribution is 2.33. The van der Waals surface area contributed by atoms with Gasteiger partial charge in [0.1, 0.15) is 0 Å². The van der Waals surface area contributed by atoms with Crippen molar-refractivity contribution < 1.29 is 9.21 Å². The van der Waals surface area contributed by atoms with E-state index in [1.54, 1.807) is 11.3 Å². The van der Waals surface area contributed by atoms with Gasteiger partial charge in [-0.25, -0.2) is 4.98 Å². The molecule has 5 nitrogen and oxygen atoms in total. The van der Waals surface area contributed by atoms with E-state index in [1.807, 2.05) is 22.4 Å². The molecule has 2 aliphatic heterocycles. The molecule has 24 heavy (non-hydrogen) atoms. The summed E-state index contributed by atoms with van der Waals surface area (Å²) >= 11 is 1.57. The van der Waals surface area contributed by atoms with Crippen molar-refractivity contribution in [3.63, 3.8) is 0 Å². The lowest BCUT2D eigenvalue weighted by atomic mass is 10.1. The van der Waals surface area contributed by atoms with Gasteiger partial charge in [-0.05, 0) is 44.6 Å². The Morgan fingerprint density at radius 2 is 2.17 bits per heavy atom. The van der Waals surface area contributed by atoms with Gasteiger partial charge in [0, 0.05) is 31.2 Å². The number of likely N-dealkylation sites (tertiary alicyclic amines) is 1. The van der Waals surface area contributed by atoms with Crippen LogP contribution in [0.15, 0.2) is 28.3 Å². The molecular formula is C18H23N3O2S. The van der Waals surface area contributed by atoms with Crippen LogP contribution >= 0.6 is 11.3 Å². The Kier molecular flexibility index (Phi) is 4.18. The van der Waals surface area contributed by atoms with Gasteiger partial charge in [0.25, 0.3) is 5.91 Å². The smallest absolute Gasteiger partial charge is 0.276 e. The molecule has 1 amide bonds. The molecule has 0 spiro atoms. The first-order valence-electron chi connectivity index (χ1n) is 8.69. The fourth-order valence-corrected chi connectivity index (χ4v) is 4.98. The van der Waals surface area contributed by atoms with Gasteiger partial charge >= 0.3 is 0 Å². The van der Waals surface area contributed by atoms with Crippen molar-refractivity contribution in [3.05, 3.63) is 29.6 Å². The Hall–Kier alpha value is -1.66. The molecule has 2 bridgehead atoms. The summed E-state index contributed by atoms with van der Waals surface area (Å²) in [7, 11) is 0. The van der Waals surface area contributed by atoms with Crippen molar-refractivity contribution in [2.45, 2.75) is 51.2 Å². The molecule has 128 valence electrons. The van der Waals surface area contributed by atoms with Crippen LogP contribution < -0.4 is 0 Å². The molecule has 2 atom stereocenters. The lowest BCUT2D eigenvalue weighted by Gasteiger charge is -2.32. The van der Waals surface area contributed by atoms with Crippen LogP contribution in [-0.2, 0) is 0 Å². The predicted molar refractivity (Wildman–Crippen MR) is 94.1 cm³/mol. The standard InChI is InChI=1S/C18H23N3O2S/c1-12(2)21-13-5-6-14(21)10-20(8-7-13)18(22)16-17(23-11-19-16)15-4-3-9-24-15/h3-4,9,11-14H,5-8,10H2,1-2H3. The van der Waals surface area contributed by atoms with E-state index in [0.717, 1.165) is 24.4 Å². The molecule has 0 N–H and O–H groups in total. The summed E-state index contributed by atoms with van der Waals surface area (Å²) in [5, 5.41) is 1.98. The molecular weight excluding hydrogens is 322 g/mol. The summed E-state index contributed by atoms with van der Waals surface area (Å²) in [5.74, 6) is 0.605. The van der Waals surface area contributed by atoms with Crippen LogP contribution in [0.25, 0.3) is 10.6 Å². The van der Waals surface area contributed by atoms with Crippen LogP contribution in [0.3, 0.4) is 0 Å². The first-order chi connectivity index (χ1) is 11.6. The van der Waals surface area contributed by atoms with E-state index in [1.165, 1.54) is 19.2 Å². The van der Waals surface area contributed by atoms with E-state index in [0.29, 0.717) is 29.6 Å². The maximum atomic E-state index is 13.1. The zero-order chi connectivity index (χ0) is 16.7. The number of hydrogen-bond acceptors (Lipinski definition) is 5. The summed E-state index contributed by atoms with van der Waals surface area (Å²) < 4.78 is 5.51. The summed E-state index contributed by atoms with van der Waals surface area (Å²) in [6.07, 6.45) is 4.87. The molecule has 2 aliphatic rings. The number of hydrogen-bond donors (Lipinski definition) is 0. The highest BCUT2D eigenvalue weighted by atomic mass is 32.1. The molecule has 2 saturated heterocycles. The number of carbonyl (C=O) groups is 1. The fraction of sp³-hybridized carbons (Fsp3) is 0.556. The lowest BCUT2D eigenvalue weighted by Crippen LogP contribution is -2.44. The largest absolute Gasteiger partial charge is 0.442 e. The molecule has 0 saturated carbocycles. The van der Waals surface area contributed by atoms with Crippen molar-refractivity contribution >= 4 is 17.2 Å². The number of nitrogens with zero attached hydrogens (tertiary/aromatic N) is 3. The molecule has 0 aliphatic carbocycles. The maximum Gasteiger partial charge on any atom is 0.276 e. The molecule has 0 radical (unpaired) electrons. The first-order valence-corrected chi connectivity index (χ1v) is 9.57. The third-order valence-corrected chi connectivity index (χ3v) is 6.11. The van der Waals surface area contributed by atoms with Crippen LogP contribution in [0.2, 0.25) is 0 Å². The average molecular weight is 345 g/mol. The topological polar surface area (TPSA) is 49.6 Å². The zero-order valence-corrected chi connectivity index (χ0v) is 15.0. The van der Waals surface area contributed by atoms with Crippen LogP contribution in [-0.4, -0.2) is 51.9 Å². The number of amides is 1. The number of rotatable bonds is 3. The van der Waals surface area contributed by atoms with Gasteiger partial charge in [-0.15, -0.1) is 11.3 Å². The zero-order valence-electron chi connectivity index (χ0n) is 14.1. The van der Waals surface area contributed by atoms with Crippen LogP contribution in [0.5, 0.6) is 0 Å². The van der Waals surface area contributed by atoms with Crippen molar-refractivity contribution in [2.75, 3.05) is 13.1 Å². The predicted octanol–water partition coefficient (Wildman–Crippen LogP) is 3.49. The van der Waals surface area contributed by atoms with Crippen molar-refractivity contribution in [3.8, 4) is 10.6 Å². The highest BCUT2D eigenvalue weighted by molar-refractivity contribution is 7.13. The summed E-state index contributed by atoms with van der Waals surface area (Å²) in [6, 6.07) is 5.54. The maximum absolute atomic E-state index is 13.1. The number of aromatic nitrogens is 1. The highest BCUT2D eigenvalue weighted by Gasteiger charge is 2.40. The quantitative estimate of drug-likeness (QED) is 0.854. The van der Waals surface area contributed by atoms with Gasteiger partial charge in [0.2, 0.25) is 0 Å². The minimum Gasteiger partial charge on any atom is -0.442 e. The SMILES string of the molecule is CC(C)N1C2CCC1CN(C(=O)c1ncoc1-c1cccs1)CC2. The molecule has 2 aromatic rings. The summed E-state index contributed by atoms with van der Waals surface area (Å²) in [5.41, 5.74) is 0.450. The number of carbonyl (C=O) groups excluding carboxylic acids is 1. The Morgan fingerprint density at radius 3 is 2.92 bits per heavy atom. The van der Waals surface area contributed by atoms with Crippen LogP contribution in [0.1, 0.15) is 43.6 Å². The van der Waals surface area contributed by atoms with Gasteiger partial charge in [0.15, 0.2) is 17.8 Å². The number of thiophene rings is 1. The molecule has 6 heteroatoms. The lowest BCUT2D eigenvalue weighted by molar-refractivity contribution is 0.0723. The minimum atomic E-state index is 0.00315. The molecule has 4 rings (SSSR count). The van der Waals surface area contributed by atoms with Gasteiger partial charge in [-0.1, -0.05) is 6.07 Å². The minimum absolute atomic E-state index is 0.00315. The Labute approximate surface area is 146 Å². The van der Waals surface area contributed by atoms with Crippen molar-refractivity contribution in [1.82, 2.24) is 14.8 Å². The van der Waals surface area contributed by atoms with E-state index in [-0.39, 0.29) is 5.91 Å². The van der Waals surface area contributed by atoms with Gasteiger partial charge < -0.3 is 9.32 Å². The second-order valence-corrected chi connectivity index (χ2v) is 7.92. The molecule has 4 heterocycles. The van der Waals surface area contributed by atoms with E-state index in [4.69, 9.17) is 4.42 Å². The van der Waals surface area contributed by atoms with Crippen molar-refractivity contribution in [1.29, 1.82) is 0 Å². The van der Waals surface area contributed by atoms with E-state index in [2.05, 4.69) is 23.7 Å². The number of fused-ring (bicyclic) bond motifs is 2. The van der Waals surface area contributed by atoms with Gasteiger partial charge in [0.05, 0.1) is 4.88 Å². The third-order valence-electron chi connectivity index (χ3n) is 5.24. The van der Waals surface area contributed by atoms with Gasteiger partial charge in [-0.3, -0.25) is 9.69 Å². The molecule has 0 aromatic carbocycles. The third kappa shape index (κ3) is 2.67.